The molecule has 0 radical (unpaired) electrons. The Morgan fingerprint density at radius 1 is 1.00 bits per heavy atom. The van der Waals surface area contributed by atoms with Gasteiger partial charge in [-0.05, 0) is 41.4 Å². The molecule has 9 heteroatoms. The fourth-order valence-electron chi connectivity index (χ4n) is 4.93. The van der Waals surface area contributed by atoms with Gasteiger partial charge in [-0.25, -0.2) is 9.36 Å². The van der Waals surface area contributed by atoms with Crippen molar-refractivity contribution in [3.63, 3.8) is 0 Å². The zero-order valence-electron chi connectivity index (χ0n) is 22.3. The van der Waals surface area contributed by atoms with Crippen LogP contribution in [-0.2, 0) is 31.5 Å². The maximum absolute atomic E-state index is 13.4. The molecule has 3 heterocycles. The Hall–Kier alpha value is -3.69. The lowest BCUT2D eigenvalue weighted by molar-refractivity contribution is 0.0709. The Kier molecular flexibility index (Phi) is 6.98. The van der Waals surface area contributed by atoms with E-state index in [1.165, 1.54) is 4.57 Å². The summed E-state index contributed by atoms with van der Waals surface area (Å²) < 4.78 is 14.4. The predicted octanol–water partition coefficient (Wildman–Crippen LogP) is 4.55. The average molecular weight is 532 g/mol. The number of hydrogen-bond acceptors (Lipinski definition) is 5. The van der Waals surface area contributed by atoms with Crippen LogP contribution >= 0.6 is 0 Å². The Morgan fingerprint density at radius 2 is 1.79 bits per heavy atom. The summed E-state index contributed by atoms with van der Waals surface area (Å²) in [6.07, 6.45) is 2.14. The quantitative estimate of drug-likeness (QED) is 0.234. The van der Waals surface area contributed by atoms with Crippen LogP contribution in [-0.4, -0.2) is 34.6 Å². The van der Waals surface area contributed by atoms with E-state index in [0.717, 1.165) is 17.2 Å². The maximum Gasteiger partial charge on any atom is 0.421 e. The summed E-state index contributed by atoms with van der Waals surface area (Å²) in [7, 11) is 0.502. The standard InChI is InChI=1S/C29H33N3O5Si/c1-30-13-7-8-21(27(30)33)17-25-22-9-5-6-10-23(22)28(34)31(25)18-20-11-12-24-26(16-20)37-29(35)32(24)19-36-14-15-38(2,3)4/h5-13,16,25H,14-15,17-19H2,1-4H3. The third-order valence-electron chi connectivity index (χ3n) is 7.11. The molecule has 1 amide bonds. The van der Waals surface area contributed by atoms with Gasteiger partial charge in [0.1, 0.15) is 6.73 Å². The van der Waals surface area contributed by atoms with Crippen LogP contribution in [0.25, 0.3) is 11.1 Å². The normalized spacial score (nSPS) is 15.4. The highest BCUT2D eigenvalue weighted by Gasteiger charge is 2.36. The van der Waals surface area contributed by atoms with Gasteiger partial charge in [0.25, 0.3) is 11.5 Å². The number of aryl methyl sites for hydroxylation is 1. The summed E-state index contributed by atoms with van der Waals surface area (Å²) in [5, 5.41) is 0. The van der Waals surface area contributed by atoms with E-state index in [4.69, 9.17) is 9.15 Å². The van der Waals surface area contributed by atoms with Crippen LogP contribution in [0, 0.1) is 0 Å². The molecule has 0 saturated carbocycles. The highest BCUT2D eigenvalue weighted by Crippen LogP contribution is 2.37. The summed E-state index contributed by atoms with van der Waals surface area (Å²) in [4.78, 5) is 40.5. The van der Waals surface area contributed by atoms with E-state index < -0.39 is 13.8 Å². The number of carbonyl (C=O) groups excluding carboxylic acids is 1. The number of fused-ring (bicyclic) bond motifs is 2. The first-order valence-corrected chi connectivity index (χ1v) is 16.6. The van der Waals surface area contributed by atoms with E-state index in [0.29, 0.717) is 41.8 Å². The molecule has 0 bridgehead atoms. The largest absolute Gasteiger partial charge is 0.421 e. The van der Waals surface area contributed by atoms with E-state index in [-0.39, 0.29) is 24.2 Å². The maximum atomic E-state index is 13.4. The van der Waals surface area contributed by atoms with Crippen LogP contribution in [0.15, 0.2) is 74.8 Å². The number of ether oxygens (including phenoxy) is 1. The Bertz CT molecular complexity index is 1610. The van der Waals surface area contributed by atoms with Crippen molar-refractivity contribution < 1.29 is 13.9 Å². The van der Waals surface area contributed by atoms with Crippen molar-refractivity contribution in [1.29, 1.82) is 0 Å². The first kappa shape index (κ1) is 25.9. The van der Waals surface area contributed by atoms with Gasteiger partial charge in [-0.15, -0.1) is 0 Å². The molecule has 0 N–H and O–H groups in total. The number of aromatic nitrogens is 2. The lowest BCUT2D eigenvalue weighted by Gasteiger charge is -2.25. The van der Waals surface area contributed by atoms with Crippen molar-refractivity contribution in [2.24, 2.45) is 7.05 Å². The van der Waals surface area contributed by atoms with Gasteiger partial charge in [0.15, 0.2) is 5.58 Å². The molecule has 8 nitrogen and oxygen atoms in total. The van der Waals surface area contributed by atoms with Gasteiger partial charge in [-0.3, -0.25) is 9.59 Å². The number of carbonyl (C=O) groups is 1. The smallest absolute Gasteiger partial charge is 0.408 e. The minimum atomic E-state index is -1.22. The average Bonchev–Trinajstić information content (AvgIpc) is 3.32. The van der Waals surface area contributed by atoms with Gasteiger partial charge in [0.2, 0.25) is 0 Å². The van der Waals surface area contributed by atoms with E-state index in [1.807, 2.05) is 54.6 Å². The molecule has 0 spiro atoms. The molecular formula is C29H33N3O5Si. The number of pyridine rings is 1. The van der Waals surface area contributed by atoms with Gasteiger partial charge in [0.05, 0.1) is 11.6 Å². The summed E-state index contributed by atoms with van der Waals surface area (Å²) in [6.45, 7) is 7.92. The third-order valence-corrected chi connectivity index (χ3v) is 8.81. The van der Waals surface area contributed by atoms with Crippen molar-refractivity contribution in [1.82, 2.24) is 14.0 Å². The number of amides is 1. The first-order chi connectivity index (χ1) is 18.1. The molecular weight excluding hydrogens is 498 g/mol. The molecule has 1 aliphatic heterocycles. The van der Waals surface area contributed by atoms with E-state index in [9.17, 15) is 14.4 Å². The number of nitrogens with zero attached hydrogens (tertiary/aromatic N) is 3. The molecule has 0 saturated heterocycles. The SMILES string of the molecule is Cn1cccc(CC2c3ccccc3C(=O)N2Cc2ccc3c(c2)oc(=O)n3COCC[Si](C)(C)C)c1=O. The molecule has 2 aromatic heterocycles. The van der Waals surface area contributed by atoms with E-state index in [1.54, 1.807) is 22.7 Å². The van der Waals surface area contributed by atoms with Crippen molar-refractivity contribution in [3.05, 3.63) is 104 Å². The minimum absolute atomic E-state index is 0.0686. The van der Waals surface area contributed by atoms with Crippen molar-refractivity contribution in [3.8, 4) is 0 Å². The first-order valence-electron chi connectivity index (χ1n) is 12.9. The Balaban J connectivity index is 1.40. The Morgan fingerprint density at radius 3 is 2.58 bits per heavy atom. The summed E-state index contributed by atoms with van der Waals surface area (Å²) in [5.41, 5.74) is 4.11. The summed E-state index contributed by atoms with van der Waals surface area (Å²) in [6, 6.07) is 17.5. The van der Waals surface area contributed by atoms with Crippen molar-refractivity contribution >= 4 is 25.1 Å². The van der Waals surface area contributed by atoms with Crippen LogP contribution < -0.4 is 11.3 Å². The van der Waals surface area contributed by atoms with E-state index in [2.05, 4.69) is 19.6 Å². The molecule has 4 aromatic rings. The van der Waals surface area contributed by atoms with Crippen LogP contribution in [0.5, 0.6) is 0 Å². The fourth-order valence-corrected chi connectivity index (χ4v) is 5.69. The molecule has 38 heavy (non-hydrogen) atoms. The second-order valence-corrected chi connectivity index (χ2v) is 16.8. The van der Waals surface area contributed by atoms with Crippen LogP contribution in [0.1, 0.15) is 33.1 Å². The van der Waals surface area contributed by atoms with Crippen molar-refractivity contribution in [2.75, 3.05) is 6.61 Å². The van der Waals surface area contributed by atoms with Gasteiger partial charge < -0.3 is 18.6 Å². The monoisotopic (exact) mass is 531 g/mol. The number of hydrogen-bond donors (Lipinski definition) is 0. The number of rotatable bonds is 9. The minimum Gasteiger partial charge on any atom is -0.408 e. The molecule has 1 unspecified atom stereocenters. The lowest BCUT2D eigenvalue weighted by atomic mass is 9.98. The topological polar surface area (TPSA) is 86.7 Å². The Labute approximate surface area is 222 Å². The van der Waals surface area contributed by atoms with Gasteiger partial charge in [0, 0.05) is 52.0 Å². The highest BCUT2D eigenvalue weighted by molar-refractivity contribution is 6.76. The number of oxazole rings is 1. The third kappa shape index (κ3) is 5.16. The predicted molar refractivity (Wildman–Crippen MR) is 149 cm³/mol. The second-order valence-electron chi connectivity index (χ2n) is 11.1. The lowest BCUT2D eigenvalue weighted by Crippen LogP contribution is -2.31. The molecule has 0 fully saturated rings. The molecule has 5 rings (SSSR count). The molecule has 1 aliphatic rings. The van der Waals surface area contributed by atoms with Gasteiger partial charge in [-0.1, -0.05) is 50.0 Å². The summed E-state index contributed by atoms with van der Waals surface area (Å²) in [5.74, 6) is -0.541. The molecule has 0 aliphatic carbocycles. The zero-order valence-corrected chi connectivity index (χ0v) is 23.3. The molecule has 1 atom stereocenters. The molecule has 2 aromatic carbocycles. The zero-order chi connectivity index (χ0) is 27.0. The number of benzene rings is 2. The van der Waals surface area contributed by atoms with Crippen LogP contribution in [0.2, 0.25) is 25.7 Å². The van der Waals surface area contributed by atoms with Crippen LogP contribution in [0.4, 0.5) is 0 Å². The summed E-state index contributed by atoms with van der Waals surface area (Å²) >= 11 is 0. The second kappa shape index (κ2) is 10.2. The van der Waals surface area contributed by atoms with E-state index >= 15 is 0 Å². The van der Waals surface area contributed by atoms with Gasteiger partial charge in [-0.2, -0.15) is 0 Å². The van der Waals surface area contributed by atoms with Gasteiger partial charge >= 0.3 is 5.76 Å². The fraction of sp³-hybridized carbons (Fsp3) is 0.345. The van der Waals surface area contributed by atoms with Crippen LogP contribution in [0.3, 0.4) is 0 Å². The molecule has 198 valence electrons. The van der Waals surface area contributed by atoms with Crippen molar-refractivity contribution in [2.45, 2.75) is 51.4 Å². The highest BCUT2D eigenvalue weighted by atomic mass is 28.3.